The van der Waals surface area contributed by atoms with Crippen molar-refractivity contribution in [2.75, 3.05) is 13.2 Å². The number of carbonyl (C=O) groups excluding carboxylic acids is 2. The second kappa shape index (κ2) is 12.6. The van der Waals surface area contributed by atoms with Gasteiger partial charge in [0.05, 0.1) is 48.4 Å². The highest BCUT2D eigenvalue weighted by molar-refractivity contribution is 5.83. The van der Waals surface area contributed by atoms with Gasteiger partial charge < -0.3 is 14.2 Å². The molecule has 5 nitrogen and oxygen atoms in total. The molecule has 0 heterocycles. The molecular weight excluding hydrogens is 549 g/mol. The average molecular weight is 579 g/mol. The highest BCUT2D eigenvalue weighted by Crippen LogP contribution is 2.46. The van der Waals surface area contributed by atoms with Crippen molar-refractivity contribution in [2.45, 2.75) is 64.1 Å². The number of hydrogen-bond acceptors (Lipinski definition) is 5. The number of esters is 2. The highest BCUT2D eigenvalue weighted by atomic mass is 19.4. The molecule has 0 aliphatic heterocycles. The summed E-state index contributed by atoms with van der Waals surface area (Å²) in [4.78, 5) is 26.0. The van der Waals surface area contributed by atoms with Gasteiger partial charge in [0.1, 0.15) is 5.82 Å². The van der Waals surface area contributed by atoms with Gasteiger partial charge in [-0.05, 0) is 75.1 Å². The Morgan fingerprint density at radius 2 is 1.38 bits per heavy atom. The van der Waals surface area contributed by atoms with E-state index >= 15 is 0 Å². The normalized spacial score (nSPS) is 22.4. The Balaban J connectivity index is 2.07. The number of halogens is 7. The zero-order valence-corrected chi connectivity index (χ0v) is 21.9. The Morgan fingerprint density at radius 1 is 0.850 bits per heavy atom. The lowest BCUT2D eigenvalue weighted by molar-refractivity contribution is -0.168. The van der Waals surface area contributed by atoms with Gasteiger partial charge in [0.25, 0.3) is 0 Å². The van der Waals surface area contributed by atoms with E-state index in [1.165, 1.54) is 19.1 Å². The number of benzene rings is 2. The van der Waals surface area contributed by atoms with E-state index < -0.39 is 71.2 Å². The van der Waals surface area contributed by atoms with Gasteiger partial charge in [-0.3, -0.25) is 9.59 Å². The smallest absolute Gasteiger partial charge is 0.416 e. The minimum absolute atomic E-state index is 0.0204. The molecule has 3 rings (SSSR count). The van der Waals surface area contributed by atoms with Crippen molar-refractivity contribution in [1.82, 2.24) is 0 Å². The van der Waals surface area contributed by atoms with Crippen molar-refractivity contribution >= 4 is 11.9 Å². The van der Waals surface area contributed by atoms with Crippen LogP contribution in [0.2, 0.25) is 0 Å². The standard InChI is InChI=1S/C28H29F7O5/c1-4-38-25(36)21-10-11-22(23(24(21)26(37)39-5-2)16-6-8-20(29)9-7-16)40-15(3)17-12-18(27(30,31)32)14-19(13-17)28(33,34)35/h6-9,12-15,21-24H,4-5,10-11H2,1-3H3. The van der Waals surface area contributed by atoms with Crippen molar-refractivity contribution < 1.29 is 54.5 Å². The predicted octanol–water partition coefficient (Wildman–Crippen LogP) is 7.25. The lowest BCUT2D eigenvalue weighted by Gasteiger charge is -2.41. The first kappa shape index (κ1) is 31.4. The van der Waals surface area contributed by atoms with Gasteiger partial charge in [0.2, 0.25) is 0 Å². The molecule has 1 fully saturated rings. The van der Waals surface area contributed by atoms with Crippen molar-refractivity contribution in [3.8, 4) is 0 Å². The molecule has 0 amide bonds. The molecule has 0 bridgehead atoms. The number of carbonyl (C=O) groups is 2. The van der Waals surface area contributed by atoms with Crippen LogP contribution in [0.15, 0.2) is 42.5 Å². The lowest BCUT2D eigenvalue weighted by Crippen LogP contribution is -2.46. The Labute approximate surface area is 226 Å². The maximum Gasteiger partial charge on any atom is 0.416 e. The molecule has 0 radical (unpaired) electrons. The molecule has 0 saturated heterocycles. The lowest BCUT2D eigenvalue weighted by atomic mass is 9.67. The molecule has 12 heteroatoms. The predicted molar refractivity (Wildman–Crippen MR) is 128 cm³/mol. The molecule has 5 unspecified atom stereocenters. The highest BCUT2D eigenvalue weighted by Gasteiger charge is 2.49. The molecule has 0 N–H and O–H groups in total. The molecule has 2 aromatic rings. The number of ether oxygens (including phenoxy) is 3. The molecule has 0 spiro atoms. The van der Waals surface area contributed by atoms with Crippen molar-refractivity contribution in [3.63, 3.8) is 0 Å². The van der Waals surface area contributed by atoms with Crippen molar-refractivity contribution in [3.05, 3.63) is 70.5 Å². The minimum atomic E-state index is -5.04. The summed E-state index contributed by atoms with van der Waals surface area (Å²) >= 11 is 0. The Bertz CT molecular complexity index is 1140. The Kier molecular flexibility index (Phi) is 9.86. The van der Waals surface area contributed by atoms with Crippen LogP contribution in [-0.2, 0) is 36.2 Å². The van der Waals surface area contributed by atoms with E-state index in [1.807, 2.05) is 0 Å². The summed E-state index contributed by atoms with van der Waals surface area (Å²) in [6.07, 6.45) is -12.1. The second-order valence-corrected chi connectivity index (χ2v) is 9.45. The quantitative estimate of drug-likeness (QED) is 0.244. The summed E-state index contributed by atoms with van der Waals surface area (Å²) in [5, 5.41) is 0. The van der Waals surface area contributed by atoms with Gasteiger partial charge in [-0.1, -0.05) is 12.1 Å². The molecule has 40 heavy (non-hydrogen) atoms. The third-order valence-corrected chi connectivity index (χ3v) is 6.84. The van der Waals surface area contributed by atoms with Gasteiger partial charge in [-0.25, -0.2) is 4.39 Å². The van der Waals surface area contributed by atoms with Crippen LogP contribution in [0.3, 0.4) is 0 Å². The van der Waals surface area contributed by atoms with E-state index in [9.17, 15) is 40.3 Å². The van der Waals surface area contributed by atoms with E-state index in [1.54, 1.807) is 13.8 Å². The van der Waals surface area contributed by atoms with E-state index in [-0.39, 0.29) is 37.7 Å². The molecule has 1 saturated carbocycles. The third-order valence-electron chi connectivity index (χ3n) is 6.84. The second-order valence-electron chi connectivity index (χ2n) is 9.45. The number of rotatable bonds is 8. The van der Waals surface area contributed by atoms with Crippen LogP contribution in [0.4, 0.5) is 30.7 Å². The zero-order valence-electron chi connectivity index (χ0n) is 21.9. The van der Waals surface area contributed by atoms with Crippen LogP contribution in [0.5, 0.6) is 0 Å². The van der Waals surface area contributed by atoms with Gasteiger partial charge in [0, 0.05) is 5.92 Å². The molecule has 5 atom stereocenters. The van der Waals surface area contributed by atoms with E-state index in [0.29, 0.717) is 17.7 Å². The van der Waals surface area contributed by atoms with E-state index in [2.05, 4.69) is 0 Å². The first-order valence-corrected chi connectivity index (χ1v) is 12.7. The van der Waals surface area contributed by atoms with Crippen molar-refractivity contribution in [1.29, 1.82) is 0 Å². The fraction of sp³-hybridized carbons (Fsp3) is 0.500. The van der Waals surface area contributed by atoms with Crippen LogP contribution < -0.4 is 0 Å². The van der Waals surface area contributed by atoms with Gasteiger partial charge >= 0.3 is 24.3 Å². The fourth-order valence-electron chi connectivity index (χ4n) is 5.06. The van der Waals surface area contributed by atoms with Crippen LogP contribution in [0.25, 0.3) is 0 Å². The number of hydrogen-bond donors (Lipinski definition) is 0. The SMILES string of the molecule is CCOC(=O)C1CCC(OC(C)c2cc(C(F)(F)F)cc(C(F)(F)F)c2)C(c2ccc(F)cc2)C1C(=O)OCC. The summed E-state index contributed by atoms with van der Waals surface area (Å²) < 4.78 is 111. The minimum Gasteiger partial charge on any atom is -0.466 e. The zero-order chi connectivity index (χ0) is 29.8. The maximum absolute atomic E-state index is 13.8. The molecule has 1 aliphatic rings. The third kappa shape index (κ3) is 7.32. The molecule has 1 aliphatic carbocycles. The van der Waals surface area contributed by atoms with Crippen molar-refractivity contribution in [2.24, 2.45) is 11.8 Å². The van der Waals surface area contributed by atoms with Gasteiger partial charge in [-0.2, -0.15) is 26.3 Å². The Morgan fingerprint density at radius 3 is 1.88 bits per heavy atom. The topological polar surface area (TPSA) is 61.8 Å². The van der Waals surface area contributed by atoms with Gasteiger partial charge in [-0.15, -0.1) is 0 Å². The number of alkyl halides is 6. The van der Waals surface area contributed by atoms with Crippen LogP contribution >= 0.6 is 0 Å². The first-order chi connectivity index (χ1) is 18.7. The maximum atomic E-state index is 13.8. The molecule has 0 aromatic heterocycles. The van der Waals surface area contributed by atoms with Crippen LogP contribution in [-0.4, -0.2) is 31.3 Å². The summed E-state index contributed by atoms with van der Waals surface area (Å²) in [7, 11) is 0. The summed E-state index contributed by atoms with van der Waals surface area (Å²) in [5.74, 6) is -5.07. The summed E-state index contributed by atoms with van der Waals surface area (Å²) in [5.41, 5.74) is -2.97. The molecule has 220 valence electrons. The van der Waals surface area contributed by atoms with E-state index in [0.717, 1.165) is 12.1 Å². The average Bonchev–Trinajstić information content (AvgIpc) is 2.88. The first-order valence-electron chi connectivity index (χ1n) is 12.7. The molecule has 2 aromatic carbocycles. The summed E-state index contributed by atoms with van der Waals surface area (Å²) in [6.45, 7) is 4.48. The Hall–Kier alpha value is -3.15. The van der Waals surface area contributed by atoms with E-state index in [4.69, 9.17) is 14.2 Å². The largest absolute Gasteiger partial charge is 0.466 e. The van der Waals surface area contributed by atoms with Gasteiger partial charge in [0.15, 0.2) is 0 Å². The summed E-state index contributed by atoms with van der Waals surface area (Å²) in [6, 6.07) is 6.22. The molecular formula is C28H29F7O5. The fourth-order valence-corrected chi connectivity index (χ4v) is 5.06. The van der Waals surface area contributed by atoms with Crippen LogP contribution in [0.1, 0.15) is 67.9 Å². The monoisotopic (exact) mass is 578 g/mol. The van der Waals surface area contributed by atoms with Crippen LogP contribution in [0, 0.1) is 17.7 Å².